The highest BCUT2D eigenvalue weighted by Crippen LogP contribution is 2.43. The van der Waals surface area contributed by atoms with Crippen LogP contribution in [0.5, 0.6) is 0 Å². The van der Waals surface area contributed by atoms with E-state index in [0.29, 0.717) is 41.9 Å². The fourth-order valence-electron chi connectivity index (χ4n) is 12.5. The lowest BCUT2D eigenvalue weighted by atomic mass is 9.78. The fourth-order valence-corrected chi connectivity index (χ4v) is 12.5. The van der Waals surface area contributed by atoms with Gasteiger partial charge >= 0.3 is 0 Å². The van der Waals surface area contributed by atoms with Crippen molar-refractivity contribution in [3.63, 3.8) is 0 Å². The normalized spacial score (nSPS) is 26.9. The lowest BCUT2D eigenvalue weighted by Gasteiger charge is -2.43. The summed E-state index contributed by atoms with van der Waals surface area (Å²) in [4.78, 5) is 5.45. The van der Waals surface area contributed by atoms with Gasteiger partial charge in [-0.15, -0.1) is 0 Å². The van der Waals surface area contributed by atoms with Crippen molar-refractivity contribution in [3.05, 3.63) is 193 Å². The molecule has 0 amide bonds. The monoisotopic (exact) mass is 850 g/mol. The molecule has 326 valence electrons. The van der Waals surface area contributed by atoms with E-state index in [2.05, 4.69) is 208 Å². The molecule has 0 radical (unpaired) electrons. The Kier molecular flexibility index (Phi) is 10.7. The molecule has 0 saturated heterocycles. The summed E-state index contributed by atoms with van der Waals surface area (Å²) in [5.74, 6) is 1.47. The van der Waals surface area contributed by atoms with Gasteiger partial charge < -0.3 is 18.9 Å². The molecule has 0 spiro atoms. The van der Waals surface area contributed by atoms with Gasteiger partial charge in [0, 0.05) is 73.3 Å². The molecule has 4 heteroatoms. The van der Waals surface area contributed by atoms with Gasteiger partial charge in [0.25, 0.3) is 0 Å². The SMILES string of the molecule is CC1C=CC=CC1N(c1ccc2c(c1)c1c(n2C2=CC=CCC2)CCC=C1)C1C=CC(C2C=CC(N(c3ccc4c(c3)c3ccccc3n4C3C=CC=CC3)C3CC=CCC3)=CC2)CC1. The van der Waals surface area contributed by atoms with Crippen molar-refractivity contribution < 1.29 is 0 Å². The molecule has 0 fully saturated rings. The maximum absolute atomic E-state index is 2.76. The number of nitrogens with zero attached hydrogens (tertiary/aromatic N) is 4. The van der Waals surface area contributed by atoms with E-state index in [1.165, 1.54) is 79.6 Å². The number of anilines is 2. The van der Waals surface area contributed by atoms with Gasteiger partial charge in [0.1, 0.15) is 0 Å². The molecule has 0 aliphatic heterocycles. The number of hydrogen-bond acceptors (Lipinski definition) is 2. The molecule has 0 bridgehead atoms. The van der Waals surface area contributed by atoms with E-state index in [-0.39, 0.29) is 0 Å². The van der Waals surface area contributed by atoms with Gasteiger partial charge in [0.2, 0.25) is 0 Å². The first-order valence-electron chi connectivity index (χ1n) is 24.9. The Morgan fingerprint density at radius 1 is 0.585 bits per heavy atom. The van der Waals surface area contributed by atoms with E-state index in [4.69, 9.17) is 0 Å². The lowest BCUT2D eigenvalue weighted by Crippen LogP contribution is -2.46. The molecule has 12 rings (SSSR count). The van der Waals surface area contributed by atoms with E-state index in [0.717, 1.165) is 57.8 Å². The maximum atomic E-state index is 2.76. The molecule has 5 aromatic rings. The summed E-state index contributed by atoms with van der Waals surface area (Å²) in [5.41, 5.74) is 12.3. The molecule has 65 heavy (non-hydrogen) atoms. The summed E-state index contributed by atoms with van der Waals surface area (Å²) >= 11 is 0. The van der Waals surface area contributed by atoms with Gasteiger partial charge in [-0.2, -0.15) is 0 Å². The summed E-state index contributed by atoms with van der Waals surface area (Å²) in [6.45, 7) is 2.39. The van der Waals surface area contributed by atoms with Crippen molar-refractivity contribution in [2.45, 2.75) is 102 Å². The topological polar surface area (TPSA) is 16.3 Å². The van der Waals surface area contributed by atoms with Gasteiger partial charge in [-0.05, 0) is 143 Å². The van der Waals surface area contributed by atoms with Crippen LogP contribution in [0.15, 0.2) is 182 Å². The van der Waals surface area contributed by atoms with Crippen molar-refractivity contribution in [2.24, 2.45) is 17.8 Å². The summed E-state index contributed by atoms with van der Waals surface area (Å²) in [6, 6.07) is 25.1. The molecule has 3 aromatic carbocycles. The lowest BCUT2D eigenvalue weighted by molar-refractivity contribution is 0.388. The highest BCUT2D eigenvalue weighted by molar-refractivity contribution is 6.09. The third-order valence-electron chi connectivity index (χ3n) is 15.7. The number of para-hydroxylation sites is 1. The zero-order valence-electron chi connectivity index (χ0n) is 37.9. The Bertz CT molecular complexity index is 3000. The Morgan fingerprint density at radius 3 is 2.26 bits per heavy atom. The highest BCUT2D eigenvalue weighted by Gasteiger charge is 2.33. The maximum Gasteiger partial charge on any atom is 0.0560 e. The standard InChI is InChI=1S/C61H62N4/c1-43-17-11-14-26-57(43)63(52-38-40-61-56(42-52)54-25-13-16-28-59(54)65(61)48-22-9-4-10-23-48)50-35-31-45(32-36-50)44-29-33-49(34-30-44)62(46-18-5-2-6-19-46)51-37-39-60-55(41-51)53-24-12-15-27-58(53)64(60)47-20-7-3-8-21-47/h2-5,7-9,11-15,17,20,22,24-27,29,31,33-35,37-47,50,57H,6,10,16,18-19,21,23,28,30,32,36H2,1H3. The zero-order valence-corrected chi connectivity index (χ0v) is 37.9. The van der Waals surface area contributed by atoms with Crippen LogP contribution in [0.1, 0.15) is 88.4 Å². The number of allylic oxidation sites excluding steroid dienone is 16. The Hall–Kier alpha value is -6.26. The molecule has 2 heterocycles. The summed E-state index contributed by atoms with van der Waals surface area (Å²) < 4.78 is 5.16. The van der Waals surface area contributed by atoms with E-state index < -0.39 is 0 Å². The Morgan fingerprint density at radius 2 is 1.45 bits per heavy atom. The molecule has 7 aliphatic carbocycles. The average Bonchev–Trinajstić information content (AvgIpc) is 3.88. The van der Waals surface area contributed by atoms with Crippen LogP contribution < -0.4 is 9.80 Å². The second-order valence-electron chi connectivity index (χ2n) is 19.6. The van der Waals surface area contributed by atoms with E-state index >= 15 is 0 Å². The number of hydrogen-bond donors (Lipinski definition) is 0. The molecular formula is C61H62N4. The van der Waals surface area contributed by atoms with Gasteiger partial charge in [0.15, 0.2) is 0 Å². The fraction of sp³-hybridized carbons (Fsp3) is 0.311. The van der Waals surface area contributed by atoms with Crippen LogP contribution in [0.3, 0.4) is 0 Å². The third kappa shape index (κ3) is 7.30. The van der Waals surface area contributed by atoms with Gasteiger partial charge in [-0.25, -0.2) is 0 Å². The minimum atomic E-state index is 0.306. The van der Waals surface area contributed by atoms with Crippen LogP contribution in [-0.2, 0) is 6.42 Å². The zero-order chi connectivity index (χ0) is 43.3. The first-order chi connectivity index (χ1) is 32.2. The first-order valence-corrected chi connectivity index (χ1v) is 24.9. The van der Waals surface area contributed by atoms with E-state index in [9.17, 15) is 0 Å². The number of rotatable bonds is 9. The largest absolute Gasteiger partial charge is 0.358 e. The summed E-state index contributed by atoms with van der Waals surface area (Å²) in [7, 11) is 0. The van der Waals surface area contributed by atoms with Crippen molar-refractivity contribution in [2.75, 3.05) is 9.80 Å². The van der Waals surface area contributed by atoms with Crippen LogP contribution in [0, 0.1) is 17.8 Å². The molecule has 7 atom stereocenters. The van der Waals surface area contributed by atoms with Crippen LogP contribution in [0.4, 0.5) is 11.4 Å². The quantitative estimate of drug-likeness (QED) is 0.137. The molecule has 2 aromatic heterocycles. The van der Waals surface area contributed by atoms with Gasteiger partial charge in [-0.1, -0.05) is 134 Å². The molecule has 7 unspecified atom stereocenters. The number of benzene rings is 3. The van der Waals surface area contributed by atoms with Crippen LogP contribution in [0.2, 0.25) is 0 Å². The van der Waals surface area contributed by atoms with Crippen molar-refractivity contribution >= 4 is 55.9 Å². The molecule has 0 saturated carbocycles. The minimum absolute atomic E-state index is 0.306. The van der Waals surface area contributed by atoms with Crippen molar-refractivity contribution in [1.29, 1.82) is 0 Å². The average molecular weight is 851 g/mol. The Balaban J connectivity index is 0.827. The second kappa shape index (κ2) is 17.3. The van der Waals surface area contributed by atoms with E-state index in [1.807, 2.05) is 0 Å². The predicted octanol–water partition coefficient (Wildman–Crippen LogP) is 15.3. The second-order valence-corrected chi connectivity index (χ2v) is 19.6. The summed E-state index contributed by atoms with van der Waals surface area (Å²) in [5, 5.41) is 4.09. The molecule has 7 aliphatic rings. The Labute approximate surface area is 385 Å². The highest BCUT2D eigenvalue weighted by atomic mass is 15.2. The number of fused-ring (bicyclic) bond motifs is 6. The van der Waals surface area contributed by atoms with Crippen LogP contribution in [-0.4, -0.2) is 27.3 Å². The molecule has 0 N–H and O–H groups in total. The van der Waals surface area contributed by atoms with Crippen molar-refractivity contribution in [1.82, 2.24) is 9.13 Å². The van der Waals surface area contributed by atoms with Gasteiger partial charge in [0.05, 0.1) is 17.6 Å². The van der Waals surface area contributed by atoms with Crippen LogP contribution in [0.25, 0.3) is 44.5 Å². The van der Waals surface area contributed by atoms with Crippen molar-refractivity contribution in [3.8, 4) is 0 Å². The number of aromatic nitrogens is 2. The third-order valence-corrected chi connectivity index (χ3v) is 15.7. The first kappa shape index (κ1) is 40.3. The van der Waals surface area contributed by atoms with Gasteiger partial charge in [-0.3, -0.25) is 0 Å². The van der Waals surface area contributed by atoms with E-state index in [1.54, 1.807) is 0 Å². The molecular weight excluding hydrogens is 789 g/mol. The summed E-state index contributed by atoms with van der Waals surface area (Å²) in [6.07, 6.45) is 59.8. The minimum Gasteiger partial charge on any atom is -0.358 e. The predicted molar refractivity (Wildman–Crippen MR) is 277 cm³/mol. The van der Waals surface area contributed by atoms with Crippen LogP contribution >= 0.6 is 0 Å². The smallest absolute Gasteiger partial charge is 0.0560 e. The molecule has 4 nitrogen and oxygen atoms in total.